The first-order valence-corrected chi connectivity index (χ1v) is 8.01. The molecule has 3 heteroatoms. The third-order valence-corrected chi connectivity index (χ3v) is 4.49. The standard InChI is InChI=1S/C18H21Cl2N/c1-13-5-3-6-14(11-13)9-10-15(21-2)12-16-17(19)7-4-8-18(16)20/h3-8,11,15,21H,9-10,12H2,1-2H3. The van der Waals surface area contributed by atoms with Gasteiger partial charge in [-0.2, -0.15) is 0 Å². The number of hydrogen-bond donors (Lipinski definition) is 1. The molecule has 0 aromatic heterocycles. The van der Waals surface area contributed by atoms with Gasteiger partial charge in [0.05, 0.1) is 0 Å². The summed E-state index contributed by atoms with van der Waals surface area (Å²) in [6, 6.07) is 14.7. The van der Waals surface area contributed by atoms with Gasteiger partial charge in [0.2, 0.25) is 0 Å². The third-order valence-electron chi connectivity index (χ3n) is 3.78. The van der Waals surface area contributed by atoms with Gasteiger partial charge in [-0.15, -0.1) is 0 Å². The number of nitrogens with one attached hydrogen (secondary N) is 1. The van der Waals surface area contributed by atoms with E-state index in [0.717, 1.165) is 34.9 Å². The SMILES string of the molecule is CNC(CCc1cccc(C)c1)Cc1c(Cl)cccc1Cl. The minimum absolute atomic E-state index is 0.364. The highest BCUT2D eigenvalue weighted by Crippen LogP contribution is 2.26. The van der Waals surface area contributed by atoms with Crippen LogP contribution in [0.15, 0.2) is 42.5 Å². The molecule has 0 spiro atoms. The lowest BCUT2D eigenvalue weighted by molar-refractivity contribution is 0.520. The molecular formula is C18H21Cl2N. The zero-order valence-electron chi connectivity index (χ0n) is 12.5. The van der Waals surface area contributed by atoms with Crippen LogP contribution in [0.2, 0.25) is 10.0 Å². The molecule has 0 aliphatic rings. The second-order valence-corrected chi connectivity index (χ2v) is 6.23. The van der Waals surface area contributed by atoms with Crippen LogP contribution in [0.5, 0.6) is 0 Å². The van der Waals surface area contributed by atoms with Gasteiger partial charge < -0.3 is 5.32 Å². The summed E-state index contributed by atoms with van der Waals surface area (Å²) in [5.74, 6) is 0. The molecule has 0 fully saturated rings. The van der Waals surface area contributed by atoms with E-state index >= 15 is 0 Å². The molecule has 0 heterocycles. The van der Waals surface area contributed by atoms with Gasteiger partial charge in [0, 0.05) is 16.1 Å². The van der Waals surface area contributed by atoms with E-state index in [1.165, 1.54) is 11.1 Å². The van der Waals surface area contributed by atoms with Crippen LogP contribution in [0, 0.1) is 6.92 Å². The molecule has 1 N–H and O–H groups in total. The summed E-state index contributed by atoms with van der Waals surface area (Å²) in [7, 11) is 1.99. The molecule has 0 aliphatic heterocycles. The van der Waals surface area contributed by atoms with E-state index < -0.39 is 0 Å². The maximum atomic E-state index is 6.26. The topological polar surface area (TPSA) is 12.0 Å². The second-order valence-electron chi connectivity index (χ2n) is 5.42. The Labute approximate surface area is 137 Å². The van der Waals surface area contributed by atoms with E-state index in [2.05, 4.69) is 36.5 Å². The Balaban J connectivity index is 2.00. The number of hydrogen-bond acceptors (Lipinski definition) is 1. The highest BCUT2D eigenvalue weighted by atomic mass is 35.5. The Morgan fingerprint density at radius 2 is 1.71 bits per heavy atom. The predicted octanol–water partition coefficient (Wildman–Crippen LogP) is 5.07. The molecule has 0 amide bonds. The number of likely N-dealkylation sites (N-methyl/N-ethyl adjacent to an activating group) is 1. The van der Waals surface area contributed by atoms with Crippen molar-refractivity contribution in [1.29, 1.82) is 0 Å². The molecular weight excluding hydrogens is 301 g/mol. The zero-order valence-corrected chi connectivity index (χ0v) is 14.0. The first kappa shape index (κ1) is 16.4. The third kappa shape index (κ3) is 4.74. The molecule has 2 aromatic carbocycles. The van der Waals surface area contributed by atoms with Gasteiger partial charge in [0.1, 0.15) is 0 Å². The maximum absolute atomic E-state index is 6.26. The minimum Gasteiger partial charge on any atom is -0.317 e. The molecule has 1 atom stereocenters. The summed E-state index contributed by atoms with van der Waals surface area (Å²) in [4.78, 5) is 0. The number of halogens is 2. The van der Waals surface area contributed by atoms with Gasteiger partial charge in [-0.05, 0) is 56.5 Å². The Kier molecular flexibility index (Phi) is 6.10. The van der Waals surface area contributed by atoms with E-state index in [9.17, 15) is 0 Å². The highest BCUT2D eigenvalue weighted by molar-refractivity contribution is 6.36. The average Bonchev–Trinajstić information content (AvgIpc) is 2.46. The number of aryl methyl sites for hydroxylation is 2. The van der Waals surface area contributed by atoms with Crippen molar-refractivity contribution in [2.75, 3.05) is 7.05 Å². The van der Waals surface area contributed by atoms with E-state index in [4.69, 9.17) is 23.2 Å². The quantitative estimate of drug-likeness (QED) is 0.783. The van der Waals surface area contributed by atoms with Crippen LogP contribution in [0.4, 0.5) is 0 Å². The molecule has 2 rings (SSSR count). The van der Waals surface area contributed by atoms with E-state index in [1.54, 1.807) is 0 Å². The summed E-state index contributed by atoms with van der Waals surface area (Å²) >= 11 is 12.5. The van der Waals surface area contributed by atoms with Crippen LogP contribution in [-0.4, -0.2) is 13.1 Å². The van der Waals surface area contributed by atoms with Gasteiger partial charge in [-0.3, -0.25) is 0 Å². The molecule has 112 valence electrons. The fourth-order valence-electron chi connectivity index (χ4n) is 2.53. The molecule has 1 nitrogen and oxygen atoms in total. The van der Waals surface area contributed by atoms with Gasteiger partial charge in [0.25, 0.3) is 0 Å². The van der Waals surface area contributed by atoms with Gasteiger partial charge in [0.15, 0.2) is 0 Å². The molecule has 2 aromatic rings. The van der Waals surface area contributed by atoms with Crippen LogP contribution in [0.25, 0.3) is 0 Å². The van der Waals surface area contributed by atoms with Crippen molar-refractivity contribution < 1.29 is 0 Å². The van der Waals surface area contributed by atoms with E-state index in [1.807, 2.05) is 25.2 Å². The van der Waals surface area contributed by atoms with Gasteiger partial charge >= 0.3 is 0 Å². The van der Waals surface area contributed by atoms with Crippen molar-refractivity contribution in [2.24, 2.45) is 0 Å². The van der Waals surface area contributed by atoms with Crippen LogP contribution >= 0.6 is 23.2 Å². The second kappa shape index (κ2) is 7.84. The Bertz CT molecular complexity index is 575. The van der Waals surface area contributed by atoms with Crippen molar-refractivity contribution >= 4 is 23.2 Å². The number of rotatable bonds is 6. The molecule has 0 saturated heterocycles. The Morgan fingerprint density at radius 1 is 1.05 bits per heavy atom. The molecule has 1 unspecified atom stereocenters. The van der Waals surface area contributed by atoms with Crippen LogP contribution in [0.1, 0.15) is 23.1 Å². The largest absolute Gasteiger partial charge is 0.317 e. The zero-order chi connectivity index (χ0) is 15.2. The number of benzene rings is 2. The lowest BCUT2D eigenvalue weighted by Gasteiger charge is -2.18. The summed E-state index contributed by atoms with van der Waals surface area (Å²) in [5.41, 5.74) is 3.72. The fourth-order valence-corrected chi connectivity index (χ4v) is 3.08. The smallest absolute Gasteiger partial charge is 0.0453 e. The first-order chi connectivity index (χ1) is 10.1. The summed E-state index contributed by atoms with van der Waals surface area (Å²) in [5, 5.41) is 4.87. The summed E-state index contributed by atoms with van der Waals surface area (Å²) in [6.45, 7) is 2.13. The minimum atomic E-state index is 0.364. The Morgan fingerprint density at radius 3 is 2.33 bits per heavy atom. The van der Waals surface area contributed by atoms with Crippen LogP contribution in [-0.2, 0) is 12.8 Å². The van der Waals surface area contributed by atoms with E-state index in [-0.39, 0.29) is 0 Å². The van der Waals surface area contributed by atoms with Crippen molar-refractivity contribution in [3.63, 3.8) is 0 Å². The van der Waals surface area contributed by atoms with Crippen molar-refractivity contribution in [3.05, 3.63) is 69.2 Å². The Hall–Kier alpha value is -1.02. The van der Waals surface area contributed by atoms with Crippen molar-refractivity contribution in [1.82, 2.24) is 5.32 Å². The van der Waals surface area contributed by atoms with Crippen LogP contribution < -0.4 is 5.32 Å². The van der Waals surface area contributed by atoms with Crippen LogP contribution in [0.3, 0.4) is 0 Å². The lowest BCUT2D eigenvalue weighted by Crippen LogP contribution is -2.28. The normalized spacial score (nSPS) is 12.4. The molecule has 0 aliphatic carbocycles. The molecule has 0 saturated carbocycles. The van der Waals surface area contributed by atoms with Crippen molar-refractivity contribution in [2.45, 2.75) is 32.2 Å². The van der Waals surface area contributed by atoms with Gasteiger partial charge in [-0.25, -0.2) is 0 Å². The molecule has 0 radical (unpaired) electrons. The highest BCUT2D eigenvalue weighted by Gasteiger charge is 2.12. The van der Waals surface area contributed by atoms with E-state index in [0.29, 0.717) is 6.04 Å². The average molecular weight is 322 g/mol. The van der Waals surface area contributed by atoms with Crippen molar-refractivity contribution in [3.8, 4) is 0 Å². The summed E-state index contributed by atoms with van der Waals surface area (Å²) < 4.78 is 0. The predicted molar refractivity (Wildman–Crippen MR) is 92.5 cm³/mol. The lowest BCUT2D eigenvalue weighted by atomic mass is 9.98. The monoisotopic (exact) mass is 321 g/mol. The molecule has 21 heavy (non-hydrogen) atoms. The molecule has 0 bridgehead atoms. The summed E-state index contributed by atoms with van der Waals surface area (Å²) in [6.07, 6.45) is 2.96. The maximum Gasteiger partial charge on any atom is 0.0453 e. The fraction of sp³-hybridized carbons (Fsp3) is 0.333. The van der Waals surface area contributed by atoms with Gasteiger partial charge in [-0.1, -0.05) is 59.1 Å². The first-order valence-electron chi connectivity index (χ1n) is 7.26.